The van der Waals surface area contributed by atoms with Gasteiger partial charge in [-0.2, -0.15) is 0 Å². The van der Waals surface area contributed by atoms with E-state index in [1.54, 1.807) is 13.0 Å². The third-order valence-corrected chi connectivity index (χ3v) is 4.14. The van der Waals surface area contributed by atoms with Crippen molar-refractivity contribution >= 4 is 35.7 Å². The minimum atomic E-state index is -3.84. The van der Waals surface area contributed by atoms with Gasteiger partial charge in [-0.15, -0.1) is 0 Å². The highest BCUT2D eigenvalue weighted by Gasteiger charge is 2.19. The van der Waals surface area contributed by atoms with Gasteiger partial charge in [0.2, 0.25) is 0 Å². The average molecular weight is 372 g/mol. The molecule has 0 unspecified atom stereocenters. The first kappa shape index (κ1) is 16.8. The Morgan fingerprint density at radius 1 is 1.32 bits per heavy atom. The Kier molecular flexibility index (Phi) is 6.59. The van der Waals surface area contributed by atoms with Gasteiger partial charge in [-0.3, -0.25) is 0 Å². The number of aryl methyl sites for hydroxylation is 1. The van der Waals surface area contributed by atoms with E-state index in [4.69, 9.17) is 20.2 Å². The fraction of sp³-hybridized carbons (Fsp3) is 0.500. The minimum Gasteiger partial charge on any atom is -0.492 e. The summed E-state index contributed by atoms with van der Waals surface area (Å²) in [7, 11) is 1.58. The smallest absolute Gasteiger partial charge is 0.265 e. The molecule has 0 heterocycles. The zero-order chi connectivity index (χ0) is 14.5. The van der Waals surface area contributed by atoms with Crippen molar-refractivity contribution in [3.63, 3.8) is 0 Å². The first-order valence-electron chi connectivity index (χ1n) is 5.81. The molecule has 0 aromatic heterocycles. The molecule has 1 aromatic carbocycles. The molecule has 0 bridgehead atoms. The van der Waals surface area contributed by atoms with Crippen LogP contribution in [0.2, 0.25) is 0 Å². The Balaban J connectivity index is 2.87. The van der Waals surface area contributed by atoms with Crippen LogP contribution in [-0.2, 0) is 13.8 Å². The zero-order valence-electron chi connectivity index (χ0n) is 10.8. The van der Waals surface area contributed by atoms with Crippen LogP contribution >= 0.6 is 26.6 Å². The summed E-state index contributed by atoms with van der Waals surface area (Å²) >= 11 is 3.24. The van der Waals surface area contributed by atoms with E-state index >= 15 is 0 Å². The van der Waals surface area contributed by atoms with Crippen molar-refractivity contribution < 1.29 is 17.9 Å². The van der Waals surface area contributed by atoms with Gasteiger partial charge in [0.05, 0.1) is 6.61 Å². The highest BCUT2D eigenvalue weighted by atomic mass is 79.9. The van der Waals surface area contributed by atoms with Gasteiger partial charge in [0, 0.05) is 34.8 Å². The van der Waals surface area contributed by atoms with Gasteiger partial charge < -0.3 is 9.47 Å². The summed E-state index contributed by atoms with van der Waals surface area (Å²) in [5.74, 6) is 0.301. The number of ether oxygens (including phenoxy) is 2. The van der Waals surface area contributed by atoms with Crippen LogP contribution in [0, 0.1) is 6.92 Å². The maximum atomic E-state index is 11.5. The fourth-order valence-corrected chi connectivity index (χ4v) is 3.32. The Morgan fingerprint density at radius 2 is 2.00 bits per heavy atom. The molecular weight excluding hydrogens is 356 g/mol. The lowest BCUT2D eigenvalue weighted by molar-refractivity contribution is 0.130. The zero-order valence-corrected chi connectivity index (χ0v) is 13.9. The van der Waals surface area contributed by atoms with Gasteiger partial charge in [-0.05, 0) is 31.5 Å². The van der Waals surface area contributed by atoms with E-state index in [0.29, 0.717) is 42.0 Å². The SMILES string of the molecule is CCOCCCOc1c(C)cc(Br)cc1S(=O)(=O)Cl. The van der Waals surface area contributed by atoms with Crippen LogP contribution in [0.4, 0.5) is 0 Å². The first-order valence-corrected chi connectivity index (χ1v) is 8.92. The Bertz CT molecular complexity index is 531. The van der Waals surface area contributed by atoms with Crippen molar-refractivity contribution in [2.24, 2.45) is 0 Å². The van der Waals surface area contributed by atoms with Crippen LogP contribution in [0.25, 0.3) is 0 Å². The molecule has 0 radical (unpaired) electrons. The molecule has 4 nitrogen and oxygen atoms in total. The van der Waals surface area contributed by atoms with E-state index < -0.39 is 9.05 Å². The number of hydrogen-bond donors (Lipinski definition) is 0. The lowest BCUT2D eigenvalue weighted by atomic mass is 10.2. The van der Waals surface area contributed by atoms with Gasteiger partial charge >= 0.3 is 0 Å². The van der Waals surface area contributed by atoms with E-state index in [0.717, 1.165) is 0 Å². The monoisotopic (exact) mass is 370 g/mol. The van der Waals surface area contributed by atoms with Crippen molar-refractivity contribution in [2.45, 2.75) is 25.2 Å². The van der Waals surface area contributed by atoms with Crippen LogP contribution in [0.5, 0.6) is 5.75 Å². The average Bonchev–Trinajstić information content (AvgIpc) is 2.29. The molecule has 108 valence electrons. The van der Waals surface area contributed by atoms with Gasteiger partial charge in [0.25, 0.3) is 9.05 Å². The largest absolute Gasteiger partial charge is 0.492 e. The second kappa shape index (κ2) is 7.47. The highest BCUT2D eigenvalue weighted by molar-refractivity contribution is 9.10. The summed E-state index contributed by atoms with van der Waals surface area (Å²) in [5.41, 5.74) is 0.713. The van der Waals surface area contributed by atoms with Gasteiger partial charge in [-0.1, -0.05) is 15.9 Å². The molecule has 0 saturated carbocycles. The molecular formula is C12H16BrClO4S. The van der Waals surface area contributed by atoms with Crippen molar-refractivity contribution in [1.29, 1.82) is 0 Å². The maximum absolute atomic E-state index is 11.5. The molecule has 1 rings (SSSR count). The normalized spacial score (nSPS) is 11.6. The van der Waals surface area contributed by atoms with Crippen molar-refractivity contribution in [2.75, 3.05) is 19.8 Å². The van der Waals surface area contributed by atoms with E-state index in [1.807, 2.05) is 6.92 Å². The molecule has 0 aliphatic heterocycles. The Morgan fingerprint density at radius 3 is 2.58 bits per heavy atom. The maximum Gasteiger partial charge on any atom is 0.265 e. The second-order valence-corrected chi connectivity index (χ2v) is 7.34. The van der Waals surface area contributed by atoms with Crippen LogP contribution in [0.3, 0.4) is 0 Å². The summed E-state index contributed by atoms with van der Waals surface area (Å²) in [6.45, 7) is 5.29. The number of hydrogen-bond acceptors (Lipinski definition) is 4. The Hall–Kier alpha value is -0.300. The van der Waals surface area contributed by atoms with E-state index in [9.17, 15) is 8.42 Å². The van der Waals surface area contributed by atoms with Crippen molar-refractivity contribution in [3.8, 4) is 5.75 Å². The number of rotatable bonds is 7. The van der Waals surface area contributed by atoms with Crippen molar-refractivity contribution in [3.05, 3.63) is 22.2 Å². The molecule has 0 atom stereocenters. The highest BCUT2D eigenvalue weighted by Crippen LogP contribution is 2.33. The first-order chi connectivity index (χ1) is 8.86. The minimum absolute atomic E-state index is 0.0162. The Labute approximate surface area is 126 Å². The summed E-state index contributed by atoms with van der Waals surface area (Å²) in [4.78, 5) is -0.0162. The van der Waals surface area contributed by atoms with Crippen LogP contribution < -0.4 is 4.74 Å². The molecule has 0 spiro atoms. The predicted molar refractivity (Wildman–Crippen MR) is 78.5 cm³/mol. The lowest BCUT2D eigenvalue weighted by Gasteiger charge is -2.13. The van der Waals surface area contributed by atoms with E-state index in [-0.39, 0.29) is 4.90 Å². The van der Waals surface area contributed by atoms with Gasteiger partial charge in [-0.25, -0.2) is 8.42 Å². The standard InChI is InChI=1S/C12H16BrClO4S/c1-3-17-5-4-6-18-12-9(2)7-10(13)8-11(12)19(14,15)16/h7-8H,3-6H2,1-2H3. The van der Waals surface area contributed by atoms with Crippen molar-refractivity contribution in [1.82, 2.24) is 0 Å². The van der Waals surface area contributed by atoms with Crippen LogP contribution in [0.15, 0.2) is 21.5 Å². The van der Waals surface area contributed by atoms with E-state index in [2.05, 4.69) is 15.9 Å². The molecule has 0 N–H and O–H groups in total. The fourth-order valence-electron chi connectivity index (χ4n) is 1.54. The molecule has 0 aliphatic carbocycles. The predicted octanol–water partition coefficient (Wildman–Crippen LogP) is 3.49. The van der Waals surface area contributed by atoms with Crippen LogP contribution in [-0.4, -0.2) is 28.2 Å². The summed E-state index contributed by atoms with van der Waals surface area (Å²) < 4.78 is 34.4. The number of benzene rings is 1. The third kappa shape index (κ3) is 5.30. The van der Waals surface area contributed by atoms with E-state index in [1.165, 1.54) is 6.07 Å². The lowest BCUT2D eigenvalue weighted by Crippen LogP contribution is -2.06. The quantitative estimate of drug-likeness (QED) is 0.544. The molecule has 0 aliphatic rings. The molecule has 19 heavy (non-hydrogen) atoms. The second-order valence-electron chi connectivity index (χ2n) is 3.89. The van der Waals surface area contributed by atoms with Crippen LogP contribution in [0.1, 0.15) is 18.9 Å². The summed E-state index contributed by atoms with van der Waals surface area (Å²) in [6, 6.07) is 3.22. The molecule has 0 saturated heterocycles. The molecule has 0 fully saturated rings. The van der Waals surface area contributed by atoms with Gasteiger partial charge in [0.1, 0.15) is 10.6 Å². The van der Waals surface area contributed by atoms with Gasteiger partial charge in [0.15, 0.2) is 0 Å². The molecule has 7 heteroatoms. The topological polar surface area (TPSA) is 52.6 Å². The molecule has 0 amide bonds. The molecule has 1 aromatic rings. The summed E-state index contributed by atoms with van der Waals surface area (Å²) in [6.07, 6.45) is 0.686. The summed E-state index contributed by atoms with van der Waals surface area (Å²) in [5, 5.41) is 0. The third-order valence-electron chi connectivity index (χ3n) is 2.35. The number of halogens is 2.